The van der Waals surface area contributed by atoms with Crippen LogP contribution >= 0.6 is 0 Å². The van der Waals surface area contributed by atoms with E-state index in [2.05, 4.69) is 354 Å². The van der Waals surface area contributed by atoms with Gasteiger partial charge in [-0.05, 0) is 96.7 Å². The summed E-state index contributed by atoms with van der Waals surface area (Å²) < 4.78 is 14.3. The van der Waals surface area contributed by atoms with Crippen molar-refractivity contribution in [3.05, 3.63) is 305 Å². The van der Waals surface area contributed by atoms with E-state index in [4.69, 9.17) is 9.72 Å². The summed E-state index contributed by atoms with van der Waals surface area (Å²) in [5.74, 6) is 1.98. The number of para-hydroxylation sites is 1. The molecule has 0 radical (unpaired) electrons. The van der Waals surface area contributed by atoms with Crippen LogP contribution in [0.2, 0.25) is 0 Å². The van der Waals surface area contributed by atoms with Crippen molar-refractivity contribution in [2.24, 2.45) is 0 Å². The van der Waals surface area contributed by atoms with Crippen LogP contribution in [0.4, 0.5) is 0 Å². The van der Waals surface area contributed by atoms with E-state index < -0.39 is 10.8 Å². The maximum atomic E-state index is 7.39. The van der Waals surface area contributed by atoms with E-state index >= 15 is 0 Å². The van der Waals surface area contributed by atoms with Gasteiger partial charge in [0.1, 0.15) is 5.82 Å². The van der Waals surface area contributed by atoms with E-state index in [1.165, 1.54) is 38.9 Å². The number of rotatable bonds is 14. The molecular weight excluding hydrogens is 1250 g/mol. The van der Waals surface area contributed by atoms with E-state index in [1.54, 1.807) is 0 Å². The average molecular weight is 1330 g/mol. The Labute approximate surface area is 537 Å². The topological polar surface area (TPSA) is 35.9 Å². The molecule has 0 spiro atoms. The van der Waals surface area contributed by atoms with Gasteiger partial charge >= 0.3 is 0 Å². The van der Waals surface area contributed by atoms with E-state index in [1.807, 2.05) is 6.20 Å². The van der Waals surface area contributed by atoms with Crippen molar-refractivity contribution in [3.63, 3.8) is 0 Å². The van der Waals surface area contributed by atoms with Crippen molar-refractivity contribution in [1.82, 2.24) is 14.1 Å². The molecule has 88 heavy (non-hydrogen) atoms. The number of aromatic nitrogens is 4. The molecule has 0 N–H and O–H groups in total. The monoisotopic (exact) mass is 1330 g/mol. The summed E-state index contributed by atoms with van der Waals surface area (Å²) in [4.78, 5) is 5.06. The van der Waals surface area contributed by atoms with E-state index in [-0.39, 0.29) is 42.7 Å². The molecule has 0 bridgehead atoms. The fraction of sp³-hybridized carbons (Fsp3) is 0.244. The van der Waals surface area contributed by atoms with Gasteiger partial charge in [-0.25, -0.2) is 4.98 Å². The largest absolute Gasteiger partial charge is 0.510 e. The average Bonchev–Trinajstić information content (AvgIpc) is 1.56. The Balaban J connectivity index is 0.00000800. The van der Waals surface area contributed by atoms with Crippen molar-refractivity contribution >= 4 is 21.8 Å². The number of benzene rings is 9. The summed E-state index contributed by atoms with van der Waals surface area (Å²) in [7, 11) is 0. The number of imidazole rings is 1. The number of pyridine rings is 1. The zero-order valence-electron chi connectivity index (χ0n) is 53.5. The Hall–Kier alpha value is -8.37. The third-order valence-electron chi connectivity index (χ3n) is 18.4. The first-order valence-electron chi connectivity index (χ1n) is 30.7. The van der Waals surface area contributed by atoms with Gasteiger partial charge in [0.05, 0.1) is 17.1 Å². The van der Waals surface area contributed by atoms with E-state index in [0.29, 0.717) is 11.5 Å². The first-order chi connectivity index (χ1) is 41.4. The van der Waals surface area contributed by atoms with Crippen LogP contribution in [0.3, 0.4) is 0 Å². The predicted octanol–water partition coefficient (Wildman–Crippen LogP) is 20.0. The molecular formula is C82H80N4OPt-2. The second-order valence-electron chi connectivity index (χ2n) is 27.8. The number of hydrogen-bond donors (Lipinski definition) is 0. The van der Waals surface area contributed by atoms with Crippen LogP contribution in [0, 0.1) is 18.5 Å². The molecule has 446 valence electrons. The second kappa shape index (κ2) is 23.3. The fourth-order valence-corrected chi connectivity index (χ4v) is 12.9. The number of fused-ring (bicyclic) bond motifs is 3. The molecule has 3 aromatic heterocycles. The van der Waals surface area contributed by atoms with Crippen LogP contribution in [0.15, 0.2) is 231 Å². The van der Waals surface area contributed by atoms with E-state index in [9.17, 15) is 0 Å². The van der Waals surface area contributed by atoms with Gasteiger partial charge in [-0.2, -0.15) is 6.07 Å². The Morgan fingerprint density at radius 3 is 1.44 bits per heavy atom. The standard InChI is InChI=1S/C82H80N4O.Pt/c1-77(2,3)62-44-45-83-73(51-62)86-71-43-31-30-42-69(71)74-70(78(4,5)6)53-68(54-72(74)86)87-67-47-57(56-32-20-15-21-33-56)46-65(52-67)84-55-85(76(82(13,14)61-40-28-19-29-41-61)75(84)81(11,12)60-38-26-18-27-39-60)66-49-63(79(7,8)58-34-22-16-23-35-58)48-64(50-66)80(9,10)59-36-24-17-25-37-59;/h15-51,53H,1-14H3;/q-2;. The minimum Gasteiger partial charge on any atom is -0.510 e. The number of hydrogen-bond acceptors (Lipinski definition) is 2. The third kappa shape index (κ3) is 11.3. The predicted molar refractivity (Wildman–Crippen MR) is 360 cm³/mol. The molecule has 0 fully saturated rings. The van der Waals surface area contributed by atoms with Gasteiger partial charge in [0.25, 0.3) is 6.33 Å². The van der Waals surface area contributed by atoms with Crippen LogP contribution < -0.4 is 9.30 Å². The Bertz CT molecular complexity index is 4390. The summed E-state index contributed by atoms with van der Waals surface area (Å²) >= 11 is 0. The van der Waals surface area contributed by atoms with Gasteiger partial charge in [0.2, 0.25) is 0 Å². The molecule has 5 nitrogen and oxygen atoms in total. The van der Waals surface area contributed by atoms with Crippen LogP contribution in [-0.4, -0.2) is 14.1 Å². The molecule has 0 saturated heterocycles. The normalized spacial score (nSPS) is 12.6. The second-order valence-corrected chi connectivity index (χ2v) is 27.8. The molecule has 12 aromatic rings. The van der Waals surface area contributed by atoms with Crippen molar-refractivity contribution in [1.29, 1.82) is 0 Å². The van der Waals surface area contributed by atoms with Crippen LogP contribution in [0.5, 0.6) is 11.5 Å². The summed E-state index contributed by atoms with van der Waals surface area (Å²) in [5, 5.41) is 2.28. The molecule has 0 saturated carbocycles. The maximum Gasteiger partial charge on any atom is 0.267 e. The summed E-state index contributed by atoms with van der Waals surface area (Å²) in [6.07, 6.45) is 6.11. The minimum atomic E-state index is -0.610. The molecule has 0 amide bonds. The van der Waals surface area contributed by atoms with Gasteiger partial charge in [-0.3, -0.25) is 4.57 Å². The van der Waals surface area contributed by atoms with E-state index in [0.717, 1.165) is 67.1 Å². The van der Waals surface area contributed by atoms with Gasteiger partial charge in [0.15, 0.2) is 0 Å². The molecule has 12 rings (SSSR count). The summed E-state index contributed by atoms with van der Waals surface area (Å²) in [6, 6.07) is 89.0. The third-order valence-corrected chi connectivity index (χ3v) is 18.4. The number of nitrogens with zero attached hydrogens (tertiary/aromatic N) is 4. The Morgan fingerprint density at radius 2 is 0.909 bits per heavy atom. The minimum absolute atomic E-state index is 0. The van der Waals surface area contributed by atoms with Crippen LogP contribution in [0.25, 0.3) is 50.1 Å². The molecule has 3 heterocycles. The first kappa shape index (κ1) is 61.3. The van der Waals surface area contributed by atoms with Gasteiger partial charge in [-0.1, -0.05) is 284 Å². The molecule has 0 unspecified atom stereocenters. The van der Waals surface area contributed by atoms with Crippen LogP contribution in [0.1, 0.15) is 153 Å². The smallest absolute Gasteiger partial charge is 0.267 e. The van der Waals surface area contributed by atoms with Gasteiger partial charge < -0.3 is 13.9 Å². The van der Waals surface area contributed by atoms with Crippen molar-refractivity contribution < 1.29 is 30.4 Å². The SMILES string of the molecule is CC(C)(C)c1ccnc(-n2c3[c-]c(Oc4[c-]c(-n5[c-][n+](-c6cc(C(C)(C)c7ccccc7)cc(C(C)(C)c7ccccc7)c6)c(C(C)(C)c6ccccc6)c5C(C)(C)c5ccccc5)cc(-c5ccccc5)c4)cc(C(C)(C)C)c3c3ccccc32)c1.[Pt]. The van der Waals surface area contributed by atoms with Crippen LogP contribution in [-0.2, 0) is 53.6 Å². The number of ether oxygens (including phenoxy) is 1. The zero-order chi connectivity index (χ0) is 61.3. The van der Waals surface area contributed by atoms with Gasteiger partial charge in [0, 0.05) is 65.9 Å². The van der Waals surface area contributed by atoms with Crippen molar-refractivity contribution in [3.8, 4) is 39.8 Å². The maximum absolute atomic E-state index is 7.39. The van der Waals surface area contributed by atoms with Gasteiger partial charge in [-0.15, -0.1) is 35.4 Å². The molecule has 0 aliphatic carbocycles. The quantitative estimate of drug-likeness (QED) is 0.0803. The first-order valence-corrected chi connectivity index (χ1v) is 30.7. The Kier molecular flexibility index (Phi) is 16.2. The fourth-order valence-electron chi connectivity index (χ4n) is 12.9. The van der Waals surface area contributed by atoms with Crippen molar-refractivity contribution in [2.75, 3.05) is 0 Å². The van der Waals surface area contributed by atoms with Crippen molar-refractivity contribution in [2.45, 2.75) is 129 Å². The molecule has 9 aromatic carbocycles. The zero-order valence-corrected chi connectivity index (χ0v) is 55.7. The molecule has 0 aliphatic heterocycles. The Morgan fingerprint density at radius 1 is 0.420 bits per heavy atom. The summed E-state index contributed by atoms with van der Waals surface area (Å²) in [6.45, 7) is 32.5. The molecule has 6 heteroatoms. The molecule has 0 aliphatic rings. The molecule has 0 atom stereocenters. The summed E-state index contributed by atoms with van der Waals surface area (Å²) in [5.41, 5.74) is 15.3.